The van der Waals surface area contributed by atoms with Crippen molar-refractivity contribution in [2.24, 2.45) is 5.92 Å². The van der Waals surface area contributed by atoms with E-state index in [1.54, 1.807) is 10.9 Å². The lowest BCUT2D eigenvalue weighted by Gasteiger charge is -2.30. The van der Waals surface area contributed by atoms with Gasteiger partial charge in [0.25, 0.3) is 0 Å². The van der Waals surface area contributed by atoms with Gasteiger partial charge in [-0.15, -0.1) is 0 Å². The second kappa shape index (κ2) is 9.61. The van der Waals surface area contributed by atoms with Crippen LogP contribution >= 0.6 is 0 Å². The van der Waals surface area contributed by atoms with Gasteiger partial charge in [0.05, 0.1) is 0 Å². The van der Waals surface area contributed by atoms with Gasteiger partial charge in [0.2, 0.25) is 11.8 Å². The van der Waals surface area contributed by atoms with Crippen LogP contribution in [0, 0.1) is 5.92 Å². The summed E-state index contributed by atoms with van der Waals surface area (Å²) >= 11 is 0. The molecule has 7 heteroatoms. The van der Waals surface area contributed by atoms with Crippen LogP contribution < -0.4 is 10.6 Å². The summed E-state index contributed by atoms with van der Waals surface area (Å²) in [5, 5.41) is 11.5. The summed E-state index contributed by atoms with van der Waals surface area (Å²) in [5.41, 5.74) is 1.08. The van der Waals surface area contributed by atoms with E-state index < -0.39 is 0 Å². The molecule has 0 radical (unpaired) electrons. The van der Waals surface area contributed by atoms with Gasteiger partial charge in [-0.05, 0) is 48.8 Å². The zero-order valence-corrected chi connectivity index (χ0v) is 17.2. The second-order valence-electron chi connectivity index (χ2n) is 8.12. The number of amides is 2. The number of nitrogens with zero attached hydrogens (tertiary/aromatic N) is 3. The molecule has 1 aliphatic carbocycles. The number of rotatable bonds is 8. The van der Waals surface area contributed by atoms with Crippen LogP contribution in [0.2, 0.25) is 0 Å². The molecule has 1 saturated carbocycles. The number of carbonyl (C=O) groups is 2. The van der Waals surface area contributed by atoms with Gasteiger partial charge >= 0.3 is 0 Å². The molecule has 1 fully saturated rings. The molecule has 1 aliphatic rings. The number of aromatic nitrogens is 3. The molecular weight excluding hydrogens is 378 g/mol. The summed E-state index contributed by atoms with van der Waals surface area (Å²) in [4.78, 5) is 24.7. The Kier molecular flexibility index (Phi) is 6.47. The summed E-state index contributed by atoms with van der Waals surface area (Å²) in [6, 6.07) is 12.2. The highest BCUT2D eigenvalue weighted by Gasteiger charge is 2.23. The molecule has 3 aromatic rings. The number of nitrogens with one attached hydrogen (secondary N) is 2. The van der Waals surface area contributed by atoms with Crippen LogP contribution in [0.25, 0.3) is 10.9 Å². The number of aryl methyl sites for hydroxylation is 1. The highest BCUT2D eigenvalue weighted by molar-refractivity contribution is 5.83. The summed E-state index contributed by atoms with van der Waals surface area (Å²) in [6.45, 7) is 1.60. The Balaban J connectivity index is 1.20. The van der Waals surface area contributed by atoms with Gasteiger partial charge in [0.1, 0.15) is 6.54 Å². The van der Waals surface area contributed by atoms with Crippen molar-refractivity contribution in [1.29, 1.82) is 0 Å². The van der Waals surface area contributed by atoms with Crippen LogP contribution in [0.4, 0.5) is 0 Å². The van der Waals surface area contributed by atoms with E-state index in [-0.39, 0.29) is 17.9 Å². The molecule has 2 atom stereocenters. The number of para-hydroxylation sites is 1. The lowest BCUT2D eigenvalue weighted by molar-refractivity contribution is -0.123. The van der Waals surface area contributed by atoms with E-state index in [9.17, 15) is 9.59 Å². The third kappa shape index (κ3) is 5.28. The van der Waals surface area contributed by atoms with Gasteiger partial charge in [-0.25, -0.2) is 0 Å². The summed E-state index contributed by atoms with van der Waals surface area (Å²) in [7, 11) is 0. The quantitative estimate of drug-likeness (QED) is 0.602. The third-order valence-corrected chi connectivity index (χ3v) is 5.86. The van der Waals surface area contributed by atoms with E-state index in [2.05, 4.69) is 21.8 Å². The molecule has 2 heterocycles. The molecule has 0 unspecified atom stereocenters. The van der Waals surface area contributed by atoms with Crippen LogP contribution in [-0.4, -0.2) is 38.7 Å². The summed E-state index contributed by atoms with van der Waals surface area (Å²) in [6.07, 6.45) is 10.1. The van der Waals surface area contributed by atoms with Crippen LogP contribution in [0.5, 0.6) is 0 Å². The monoisotopic (exact) mass is 407 g/mol. The standard InChI is InChI=1S/C23H29N5O2/c29-22(10-14-28-12-4-11-25-28)24-16-18-5-3-7-20(15-18)26-23(30)17-27-13-9-19-6-1-2-8-21(19)27/h1-2,4,6,8-9,11-13,18,20H,3,5,7,10,14-17H2,(H,24,29)(H,26,30)/t18-,20+/m1/s1. The minimum absolute atomic E-state index is 0.0465. The van der Waals surface area contributed by atoms with Gasteiger partial charge in [0.15, 0.2) is 0 Å². The predicted molar refractivity (Wildman–Crippen MR) is 116 cm³/mol. The van der Waals surface area contributed by atoms with E-state index in [1.165, 1.54) is 0 Å². The minimum Gasteiger partial charge on any atom is -0.356 e. The third-order valence-electron chi connectivity index (χ3n) is 5.86. The summed E-state index contributed by atoms with van der Waals surface area (Å²) in [5.74, 6) is 0.506. The molecule has 0 bridgehead atoms. The molecule has 2 N–H and O–H groups in total. The van der Waals surface area contributed by atoms with Crippen molar-refractivity contribution in [3.05, 3.63) is 55.0 Å². The Labute approximate surface area is 176 Å². The minimum atomic E-state index is 0.0465. The Bertz CT molecular complexity index is 979. The number of benzene rings is 1. The normalized spacial score (nSPS) is 18.9. The van der Waals surface area contributed by atoms with E-state index in [4.69, 9.17) is 0 Å². The lowest BCUT2D eigenvalue weighted by atomic mass is 9.85. The fraction of sp³-hybridized carbons (Fsp3) is 0.435. The lowest BCUT2D eigenvalue weighted by Crippen LogP contribution is -2.42. The van der Waals surface area contributed by atoms with Crippen molar-refractivity contribution in [2.75, 3.05) is 6.54 Å². The first kappa shape index (κ1) is 20.2. The van der Waals surface area contributed by atoms with Crippen molar-refractivity contribution >= 4 is 22.7 Å². The number of carbonyl (C=O) groups excluding carboxylic acids is 2. The largest absolute Gasteiger partial charge is 0.356 e. The summed E-state index contributed by atoms with van der Waals surface area (Å²) < 4.78 is 3.75. The molecule has 2 aromatic heterocycles. The Morgan fingerprint density at radius 2 is 1.97 bits per heavy atom. The van der Waals surface area contributed by atoms with Crippen LogP contribution in [0.3, 0.4) is 0 Å². The van der Waals surface area contributed by atoms with Gasteiger partial charge in [-0.1, -0.05) is 24.6 Å². The molecule has 2 amide bonds. The van der Waals surface area contributed by atoms with Gasteiger partial charge in [-0.2, -0.15) is 5.10 Å². The topological polar surface area (TPSA) is 81.0 Å². The average Bonchev–Trinajstić information content (AvgIpc) is 3.41. The van der Waals surface area contributed by atoms with Gasteiger partial charge in [-0.3, -0.25) is 14.3 Å². The van der Waals surface area contributed by atoms with Gasteiger partial charge in [0, 0.05) is 49.7 Å². The van der Waals surface area contributed by atoms with Gasteiger partial charge < -0.3 is 15.2 Å². The Hall–Kier alpha value is -3.09. The maximum atomic E-state index is 12.6. The molecule has 4 rings (SSSR count). The zero-order chi connectivity index (χ0) is 20.8. The predicted octanol–water partition coefficient (Wildman–Crippen LogP) is 2.72. The molecule has 0 aliphatic heterocycles. The maximum Gasteiger partial charge on any atom is 0.240 e. The smallest absolute Gasteiger partial charge is 0.240 e. The van der Waals surface area contributed by atoms with E-state index in [1.807, 2.05) is 47.3 Å². The van der Waals surface area contributed by atoms with Crippen molar-refractivity contribution in [3.63, 3.8) is 0 Å². The van der Waals surface area contributed by atoms with E-state index in [0.29, 0.717) is 32.0 Å². The van der Waals surface area contributed by atoms with E-state index >= 15 is 0 Å². The number of hydrogen-bond acceptors (Lipinski definition) is 3. The molecule has 1 aromatic carbocycles. The average molecular weight is 408 g/mol. The first-order valence-corrected chi connectivity index (χ1v) is 10.7. The van der Waals surface area contributed by atoms with Crippen molar-refractivity contribution in [2.45, 2.75) is 51.2 Å². The second-order valence-corrected chi connectivity index (χ2v) is 8.12. The molecule has 0 saturated heterocycles. The van der Waals surface area contributed by atoms with Crippen LogP contribution in [0.15, 0.2) is 55.0 Å². The maximum absolute atomic E-state index is 12.6. The SMILES string of the molecule is O=C(CCn1cccn1)NC[C@@H]1CCC[C@H](NC(=O)Cn2ccc3ccccc32)C1. The number of fused-ring (bicyclic) bond motifs is 1. The molecule has 158 valence electrons. The molecule has 0 spiro atoms. The molecule has 7 nitrogen and oxygen atoms in total. The Morgan fingerprint density at radius 3 is 2.83 bits per heavy atom. The zero-order valence-electron chi connectivity index (χ0n) is 17.2. The first-order chi connectivity index (χ1) is 14.7. The van der Waals surface area contributed by atoms with Crippen molar-refractivity contribution in [1.82, 2.24) is 25.0 Å². The molecule has 30 heavy (non-hydrogen) atoms. The molecular formula is C23H29N5O2. The first-order valence-electron chi connectivity index (χ1n) is 10.7. The van der Waals surface area contributed by atoms with Crippen molar-refractivity contribution in [3.8, 4) is 0 Å². The number of hydrogen-bond donors (Lipinski definition) is 2. The van der Waals surface area contributed by atoms with E-state index in [0.717, 1.165) is 36.6 Å². The fourth-order valence-electron chi connectivity index (χ4n) is 4.31. The van der Waals surface area contributed by atoms with Crippen LogP contribution in [-0.2, 0) is 22.7 Å². The highest BCUT2D eigenvalue weighted by atomic mass is 16.2. The highest BCUT2D eigenvalue weighted by Crippen LogP contribution is 2.24. The fourth-order valence-corrected chi connectivity index (χ4v) is 4.31. The van der Waals surface area contributed by atoms with Crippen molar-refractivity contribution < 1.29 is 9.59 Å². The Morgan fingerprint density at radius 1 is 1.07 bits per heavy atom. The van der Waals surface area contributed by atoms with Crippen LogP contribution in [0.1, 0.15) is 32.1 Å².